The van der Waals surface area contributed by atoms with Gasteiger partial charge in [0.15, 0.2) is 0 Å². The van der Waals surface area contributed by atoms with Gasteiger partial charge in [-0.3, -0.25) is 19.7 Å². The molecule has 1 heterocycles. The maximum absolute atomic E-state index is 12.7. The molecule has 0 saturated heterocycles. The summed E-state index contributed by atoms with van der Waals surface area (Å²) < 4.78 is 4.95. The van der Waals surface area contributed by atoms with Crippen LogP contribution in [0.1, 0.15) is 45.2 Å². The second kappa shape index (κ2) is 9.89. The number of Topliss-reactive ketones (excluding diaryl/α,β-unsaturated/α-hetero) is 1. The Bertz CT molecular complexity index is 1010. The molecule has 1 fully saturated rings. The Labute approximate surface area is 187 Å². The van der Waals surface area contributed by atoms with E-state index in [1.807, 2.05) is 0 Å². The molecule has 32 heavy (non-hydrogen) atoms. The van der Waals surface area contributed by atoms with Gasteiger partial charge in [-0.2, -0.15) is 0 Å². The summed E-state index contributed by atoms with van der Waals surface area (Å²) in [4.78, 5) is 42.5. The highest BCUT2D eigenvalue weighted by Gasteiger charge is 2.49. The van der Waals surface area contributed by atoms with Gasteiger partial charge in [0.2, 0.25) is 0 Å². The number of aryl methyl sites for hydroxylation is 1. The largest absolute Gasteiger partial charge is 0.461 e. The second-order valence-corrected chi connectivity index (χ2v) is 8.95. The topological polar surface area (TPSA) is 115 Å². The highest BCUT2D eigenvalue weighted by molar-refractivity contribution is 5.85. The van der Waals surface area contributed by atoms with Gasteiger partial charge in [0.25, 0.3) is 5.69 Å². The van der Waals surface area contributed by atoms with Crippen molar-refractivity contribution in [2.45, 2.75) is 46.0 Å². The molecular weight excluding hydrogens is 410 g/mol. The number of rotatable bonds is 11. The average Bonchev–Trinajstić information content (AvgIpc) is 3.23. The molecular formula is C24H29N3O5. The van der Waals surface area contributed by atoms with Gasteiger partial charge >= 0.3 is 5.97 Å². The van der Waals surface area contributed by atoms with Gasteiger partial charge in [-0.25, -0.2) is 4.98 Å². The summed E-state index contributed by atoms with van der Waals surface area (Å²) in [6.45, 7) is 8.00. The van der Waals surface area contributed by atoms with E-state index in [-0.39, 0.29) is 54.1 Å². The maximum Gasteiger partial charge on any atom is 0.306 e. The molecule has 3 rings (SSSR count). The van der Waals surface area contributed by atoms with Gasteiger partial charge in [0.1, 0.15) is 18.2 Å². The number of H-pyrrole nitrogens is 1. The third kappa shape index (κ3) is 5.49. The molecule has 0 aliphatic heterocycles. The number of ether oxygens (including phenoxy) is 1. The third-order valence-corrected chi connectivity index (χ3v) is 6.27. The van der Waals surface area contributed by atoms with Crippen molar-refractivity contribution in [3.05, 3.63) is 58.9 Å². The minimum Gasteiger partial charge on any atom is -0.461 e. The van der Waals surface area contributed by atoms with Crippen LogP contribution in [0.4, 0.5) is 5.69 Å². The van der Waals surface area contributed by atoms with Gasteiger partial charge < -0.3 is 9.72 Å². The molecule has 2 atom stereocenters. The number of carbonyl (C=O) groups is 2. The van der Waals surface area contributed by atoms with E-state index in [0.717, 1.165) is 25.0 Å². The number of carbonyl (C=O) groups excluding carboxylic acids is 2. The molecule has 8 heteroatoms. The minimum absolute atomic E-state index is 0.0198. The summed E-state index contributed by atoms with van der Waals surface area (Å²) in [7, 11) is 0. The smallest absolute Gasteiger partial charge is 0.306 e. The van der Waals surface area contributed by atoms with Crippen LogP contribution in [0.3, 0.4) is 0 Å². The molecule has 0 bridgehead atoms. The van der Waals surface area contributed by atoms with Gasteiger partial charge in [0, 0.05) is 41.9 Å². The highest BCUT2D eigenvalue weighted by Crippen LogP contribution is 2.53. The number of ketones is 1. The van der Waals surface area contributed by atoms with E-state index in [0.29, 0.717) is 11.4 Å². The average molecular weight is 440 g/mol. The minimum atomic E-state index is -0.428. The zero-order valence-electron chi connectivity index (χ0n) is 18.5. The molecule has 0 spiro atoms. The molecule has 1 N–H and O–H groups in total. The van der Waals surface area contributed by atoms with Gasteiger partial charge in [-0.05, 0) is 30.6 Å². The van der Waals surface area contributed by atoms with Crippen molar-refractivity contribution >= 4 is 17.4 Å². The van der Waals surface area contributed by atoms with E-state index in [1.54, 1.807) is 18.3 Å². The number of benzene rings is 1. The lowest BCUT2D eigenvalue weighted by molar-refractivity contribution is -0.384. The fourth-order valence-corrected chi connectivity index (χ4v) is 4.52. The van der Waals surface area contributed by atoms with Crippen molar-refractivity contribution in [2.24, 2.45) is 17.3 Å². The van der Waals surface area contributed by atoms with Crippen molar-refractivity contribution in [1.29, 1.82) is 0 Å². The van der Waals surface area contributed by atoms with Crippen LogP contribution in [-0.2, 0) is 20.7 Å². The summed E-state index contributed by atoms with van der Waals surface area (Å²) in [5, 5.41) is 11.0. The molecule has 1 aromatic carbocycles. The summed E-state index contributed by atoms with van der Waals surface area (Å²) in [5.41, 5.74) is 1.66. The first-order valence-corrected chi connectivity index (χ1v) is 10.8. The van der Waals surface area contributed by atoms with E-state index in [4.69, 9.17) is 4.74 Å². The van der Waals surface area contributed by atoms with Crippen LogP contribution in [0.15, 0.2) is 43.1 Å². The Morgan fingerprint density at radius 1 is 1.38 bits per heavy atom. The molecule has 1 aliphatic rings. The van der Waals surface area contributed by atoms with Gasteiger partial charge in [-0.15, -0.1) is 0 Å². The monoisotopic (exact) mass is 439 g/mol. The molecule has 0 unspecified atom stereocenters. The van der Waals surface area contributed by atoms with Crippen molar-refractivity contribution in [3.63, 3.8) is 0 Å². The Hall–Kier alpha value is -3.29. The number of imidazole rings is 1. The summed E-state index contributed by atoms with van der Waals surface area (Å²) in [6.07, 6.45) is 5.91. The van der Waals surface area contributed by atoms with E-state index < -0.39 is 4.92 Å². The fourth-order valence-electron chi connectivity index (χ4n) is 4.52. The van der Waals surface area contributed by atoms with Crippen LogP contribution < -0.4 is 0 Å². The first-order valence-electron chi connectivity index (χ1n) is 10.8. The molecule has 170 valence electrons. The number of aromatic amines is 1. The van der Waals surface area contributed by atoms with E-state index in [9.17, 15) is 19.7 Å². The molecule has 1 saturated carbocycles. The molecule has 8 nitrogen and oxygen atoms in total. The predicted molar refractivity (Wildman–Crippen MR) is 120 cm³/mol. The van der Waals surface area contributed by atoms with Crippen molar-refractivity contribution in [2.75, 3.05) is 6.61 Å². The fraction of sp³-hybridized carbons (Fsp3) is 0.458. The lowest BCUT2D eigenvalue weighted by atomic mass is 9.53. The molecule has 1 aromatic heterocycles. The van der Waals surface area contributed by atoms with Crippen LogP contribution in [0.2, 0.25) is 0 Å². The molecule has 2 aromatic rings. The molecule has 1 aliphatic carbocycles. The number of non-ortho nitro benzene ring substituents is 1. The Kier molecular flexibility index (Phi) is 7.22. The Morgan fingerprint density at radius 2 is 2.16 bits per heavy atom. The lowest BCUT2D eigenvalue weighted by Crippen LogP contribution is -2.48. The molecule has 0 amide bonds. The normalized spacial score (nSPS) is 19.1. The van der Waals surface area contributed by atoms with Crippen LogP contribution in [-0.4, -0.2) is 33.3 Å². The Balaban J connectivity index is 1.57. The van der Waals surface area contributed by atoms with E-state index >= 15 is 0 Å². The maximum atomic E-state index is 12.7. The van der Waals surface area contributed by atoms with Crippen LogP contribution in [0, 0.1) is 27.4 Å². The van der Waals surface area contributed by atoms with Crippen LogP contribution in [0.5, 0.6) is 0 Å². The van der Waals surface area contributed by atoms with Crippen LogP contribution >= 0.6 is 0 Å². The summed E-state index contributed by atoms with van der Waals surface area (Å²) >= 11 is 0. The van der Waals surface area contributed by atoms with Gasteiger partial charge in [0.05, 0.1) is 11.3 Å². The number of aromatic nitrogens is 2. The molecule has 0 radical (unpaired) electrons. The van der Waals surface area contributed by atoms with Crippen LogP contribution in [0.25, 0.3) is 11.4 Å². The predicted octanol–water partition coefficient (Wildman–Crippen LogP) is 4.66. The van der Waals surface area contributed by atoms with Crippen molar-refractivity contribution < 1.29 is 19.2 Å². The van der Waals surface area contributed by atoms with Crippen molar-refractivity contribution in [3.8, 4) is 11.4 Å². The van der Waals surface area contributed by atoms with E-state index in [1.165, 1.54) is 18.2 Å². The number of esters is 1. The first kappa shape index (κ1) is 23.4. The van der Waals surface area contributed by atoms with Gasteiger partial charge in [-0.1, -0.05) is 38.6 Å². The standard InChI is InChI=1S/C24H29N3O5/c1-4-12-32-22(29)11-10-21(28)19-14-24(2,3)20(19)9-8-17-15-25-23(26-17)16-6-5-7-18(13-16)27(30)31/h4-7,13,15,19-20H,1,8-12,14H2,2-3H3,(H,25,26)/t19-,20+/m0/s1. The number of hydrogen-bond donors (Lipinski definition) is 1. The lowest BCUT2D eigenvalue weighted by Gasteiger charge is -2.51. The first-order chi connectivity index (χ1) is 15.2. The number of nitrogens with one attached hydrogen (secondary N) is 1. The Morgan fingerprint density at radius 3 is 2.84 bits per heavy atom. The zero-order chi connectivity index (χ0) is 23.3. The number of hydrogen-bond acceptors (Lipinski definition) is 6. The number of nitro benzene ring substituents is 1. The zero-order valence-corrected chi connectivity index (χ0v) is 18.5. The summed E-state index contributed by atoms with van der Waals surface area (Å²) in [6, 6.07) is 6.35. The quantitative estimate of drug-likeness (QED) is 0.236. The van der Waals surface area contributed by atoms with Crippen molar-refractivity contribution in [1.82, 2.24) is 9.97 Å². The SMILES string of the molecule is C=CCOC(=O)CCC(=O)[C@H]1CC(C)(C)[C@@H]1CCc1cnc(-c2cccc([N+](=O)[O-])c2)[nH]1. The second-order valence-electron chi connectivity index (χ2n) is 8.95. The summed E-state index contributed by atoms with van der Waals surface area (Å²) in [5.74, 6) is 0.508. The number of nitro groups is 1. The highest BCUT2D eigenvalue weighted by atomic mass is 16.6. The van der Waals surface area contributed by atoms with E-state index in [2.05, 4.69) is 30.4 Å². The number of nitrogens with zero attached hydrogens (tertiary/aromatic N) is 2. The third-order valence-electron chi connectivity index (χ3n) is 6.27.